The molecule has 0 spiro atoms. The summed E-state index contributed by atoms with van der Waals surface area (Å²) in [5, 5.41) is 0. The molecule has 0 radical (unpaired) electrons. The molecule has 6 nitrogen and oxygen atoms in total. The molecular formula is C13H20N2O4. The summed E-state index contributed by atoms with van der Waals surface area (Å²) >= 11 is 0. The van der Waals surface area contributed by atoms with Crippen molar-refractivity contribution in [2.45, 2.75) is 45.3 Å². The van der Waals surface area contributed by atoms with E-state index in [1.807, 2.05) is 20.8 Å². The van der Waals surface area contributed by atoms with E-state index in [1.165, 1.54) is 4.57 Å². The number of carbonyl (C=O) groups excluding carboxylic acids is 1. The van der Waals surface area contributed by atoms with Gasteiger partial charge in [0, 0.05) is 13.6 Å². The van der Waals surface area contributed by atoms with Gasteiger partial charge in [-0.1, -0.05) is 0 Å². The second-order valence-electron chi connectivity index (χ2n) is 5.84. The average molecular weight is 268 g/mol. The first-order valence-electron chi connectivity index (χ1n) is 6.44. The Morgan fingerprint density at radius 2 is 2.16 bits per heavy atom. The quantitative estimate of drug-likeness (QED) is 0.782. The zero-order chi connectivity index (χ0) is 14.2. The minimum atomic E-state index is -0.526. The lowest BCUT2D eigenvalue weighted by Crippen LogP contribution is -2.36. The minimum Gasteiger partial charge on any atom is -0.444 e. The molecule has 0 bridgehead atoms. The van der Waals surface area contributed by atoms with Crippen LogP contribution in [0.3, 0.4) is 0 Å². The van der Waals surface area contributed by atoms with Crippen LogP contribution < -0.4 is 5.76 Å². The zero-order valence-corrected chi connectivity index (χ0v) is 11.8. The van der Waals surface area contributed by atoms with Crippen LogP contribution in [-0.4, -0.2) is 27.7 Å². The van der Waals surface area contributed by atoms with Gasteiger partial charge in [0.1, 0.15) is 11.4 Å². The monoisotopic (exact) mass is 268 g/mol. The number of amides is 1. The fourth-order valence-corrected chi connectivity index (χ4v) is 2.20. The van der Waals surface area contributed by atoms with E-state index in [2.05, 4.69) is 0 Å². The largest absolute Gasteiger partial charge is 0.444 e. The van der Waals surface area contributed by atoms with Crippen molar-refractivity contribution in [3.63, 3.8) is 0 Å². The van der Waals surface area contributed by atoms with Crippen LogP contribution in [0.4, 0.5) is 4.79 Å². The molecule has 0 unspecified atom stereocenters. The van der Waals surface area contributed by atoms with Crippen LogP contribution in [0.25, 0.3) is 0 Å². The van der Waals surface area contributed by atoms with Gasteiger partial charge < -0.3 is 9.15 Å². The predicted molar refractivity (Wildman–Crippen MR) is 68.9 cm³/mol. The summed E-state index contributed by atoms with van der Waals surface area (Å²) in [6, 6.07) is -0.205. The summed E-state index contributed by atoms with van der Waals surface area (Å²) in [5.74, 6) is 0.113. The van der Waals surface area contributed by atoms with Gasteiger partial charge in [-0.15, -0.1) is 0 Å². The lowest BCUT2D eigenvalue weighted by Gasteiger charge is -2.27. The van der Waals surface area contributed by atoms with E-state index < -0.39 is 11.4 Å². The molecule has 1 aromatic rings. The molecule has 2 heterocycles. The number of ether oxygens (including phenoxy) is 1. The Hall–Kier alpha value is -1.72. The summed E-state index contributed by atoms with van der Waals surface area (Å²) in [7, 11) is 1.63. The van der Waals surface area contributed by atoms with Crippen molar-refractivity contribution in [2.75, 3.05) is 6.54 Å². The molecule has 1 amide bonds. The van der Waals surface area contributed by atoms with Crippen molar-refractivity contribution in [3.8, 4) is 0 Å². The molecule has 19 heavy (non-hydrogen) atoms. The predicted octanol–water partition coefficient (Wildman–Crippen LogP) is 2.05. The van der Waals surface area contributed by atoms with E-state index in [0.717, 1.165) is 12.8 Å². The first-order chi connectivity index (χ1) is 8.78. The highest BCUT2D eigenvalue weighted by Gasteiger charge is 2.35. The van der Waals surface area contributed by atoms with Gasteiger partial charge in [0.25, 0.3) is 0 Å². The Morgan fingerprint density at radius 1 is 1.47 bits per heavy atom. The molecule has 0 aliphatic carbocycles. The van der Waals surface area contributed by atoms with Gasteiger partial charge in [-0.3, -0.25) is 9.47 Å². The van der Waals surface area contributed by atoms with Gasteiger partial charge in [-0.05, 0) is 33.6 Å². The lowest BCUT2D eigenvalue weighted by molar-refractivity contribution is 0.0207. The summed E-state index contributed by atoms with van der Waals surface area (Å²) in [4.78, 5) is 25.1. The van der Waals surface area contributed by atoms with Gasteiger partial charge in [0.15, 0.2) is 0 Å². The Balaban J connectivity index is 2.17. The molecule has 0 saturated carbocycles. The van der Waals surface area contributed by atoms with Crippen molar-refractivity contribution in [2.24, 2.45) is 7.05 Å². The molecular weight excluding hydrogens is 248 g/mol. The maximum Gasteiger partial charge on any atom is 0.418 e. The van der Waals surface area contributed by atoms with Crippen LogP contribution in [0, 0.1) is 0 Å². The van der Waals surface area contributed by atoms with Crippen LogP contribution in [0.15, 0.2) is 15.4 Å². The highest BCUT2D eigenvalue weighted by atomic mass is 16.6. The number of rotatable bonds is 1. The number of hydrogen-bond acceptors (Lipinski definition) is 4. The number of nitrogens with zero attached hydrogens (tertiary/aromatic N) is 2. The fraction of sp³-hybridized carbons (Fsp3) is 0.692. The number of aryl methyl sites for hydroxylation is 1. The van der Waals surface area contributed by atoms with E-state index in [9.17, 15) is 9.59 Å². The van der Waals surface area contributed by atoms with Crippen LogP contribution >= 0.6 is 0 Å². The topological polar surface area (TPSA) is 64.7 Å². The van der Waals surface area contributed by atoms with Crippen LogP contribution in [0.2, 0.25) is 0 Å². The molecule has 1 saturated heterocycles. The van der Waals surface area contributed by atoms with Gasteiger partial charge >= 0.3 is 11.8 Å². The number of oxazole rings is 1. The van der Waals surface area contributed by atoms with Gasteiger partial charge in [0.2, 0.25) is 0 Å². The van der Waals surface area contributed by atoms with Gasteiger partial charge in [-0.25, -0.2) is 9.59 Å². The molecule has 1 aliphatic rings. The number of hydrogen-bond donors (Lipinski definition) is 0. The fourth-order valence-electron chi connectivity index (χ4n) is 2.20. The summed E-state index contributed by atoms with van der Waals surface area (Å²) in [6.45, 7) is 6.12. The Labute approximate surface area is 111 Å². The molecule has 2 rings (SSSR count). The van der Waals surface area contributed by atoms with Gasteiger partial charge in [-0.2, -0.15) is 0 Å². The molecule has 6 heteroatoms. The minimum absolute atomic E-state index is 0.205. The highest BCUT2D eigenvalue weighted by molar-refractivity contribution is 5.69. The summed E-state index contributed by atoms with van der Waals surface area (Å²) in [5.41, 5.74) is -0.526. The second kappa shape index (κ2) is 4.75. The number of likely N-dealkylation sites (tertiary alicyclic amines) is 1. The van der Waals surface area contributed by atoms with Crippen molar-refractivity contribution >= 4 is 6.09 Å². The smallest absolute Gasteiger partial charge is 0.418 e. The van der Waals surface area contributed by atoms with E-state index in [4.69, 9.17) is 9.15 Å². The van der Waals surface area contributed by atoms with Crippen molar-refractivity contribution in [3.05, 3.63) is 22.5 Å². The summed E-state index contributed by atoms with van der Waals surface area (Å²) in [6.07, 6.45) is 2.94. The third-order valence-electron chi connectivity index (χ3n) is 3.02. The molecule has 0 N–H and O–H groups in total. The van der Waals surface area contributed by atoms with Crippen LogP contribution in [0.5, 0.6) is 0 Å². The zero-order valence-electron chi connectivity index (χ0n) is 11.8. The maximum atomic E-state index is 12.1. The highest BCUT2D eigenvalue weighted by Crippen LogP contribution is 2.32. The van der Waals surface area contributed by atoms with E-state index in [0.29, 0.717) is 12.3 Å². The first-order valence-corrected chi connectivity index (χ1v) is 6.44. The maximum absolute atomic E-state index is 12.1. The normalized spacial score (nSPS) is 19.8. The third kappa shape index (κ3) is 3.00. The Kier molecular flexibility index (Phi) is 3.43. The van der Waals surface area contributed by atoms with Crippen molar-refractivity contribution in [1.29, 1.82) is 0 Å². The van der Waals surface area contributed by atoms with E-state index in [-0.39, 0.29) is 12.1 Å². The lowest BCUT2D eigenvalue weighted by atomic mass is 10.2. The SMILES string of the molecule is Cn1cc([C@H]2CCCN2C(=O)OC(C)(C)C)oc1=O. The number of aromatic nitrogens is 1. The van der Waals surface area contributed by atoms with Gasteiger partial charge in [0.05, 0.1) is 12.2 Å². The van der Waals surface area contributed by atoms with Crippen molar-refractivity contribution in [1.82, 2.24) is 9.47 Å². The molecule has 1 aromatic heterocycles. The van der Waals surface area contributed by atoms with E-state index >= 15 is 0 Å². The second-order valence-corrected chi connectivity index (χ2v) is 5.84. The molecule has 1 atom stereocenters. The van der Waals surface area contributed by atoms with Crippen molar-refractivity contribution < 1.29 is 13.9 Å². The Morgan fingerprint density at radius 3 is 2.68 bits per heavy atom. The van der Waals surface area contributed by atoms with Crippen LogP contribution in [-0.2, 0) is 11.8 Å². The molecule has 1 fully saturated rings. The summed E-state index contributed by atoms with van der Waals surface area (Å²) < 4.78 is 11.9. The Bertz CT molecular complexity index is 523. The van der Waals surface area contributed by atoms with Crippen LogP contribution in [0.1, 0.15) is 45.4 Å². The first kappa shape index (κ1) is 13.7. The molecule has 106 valence electrons. The average Bonchev–Trinajstić information content (AvgIpc) is 2.83. The third-order valence-corrected chi connectivity index (χ3v) is 3.02. The molecule has 0 aromatic carbocycles. The number of carbonyl (C=O) groups is 1. The van der Waals surface area contributed by atoms with E-state index in [1.54, 1.807) is 18.1 Å². The molecule has 1 aliphatic heterocycles. The standard InChI is InChI=1S/C13H20N2O4/c1-13(2,3)19-12(17)15-7-5-6-9(15)10-8-14(4)11(16)18-10/h8-9H,5-7H2,1-4H3/t9-/m1/s1.